The molecule has 5 heteroatoms. The minimum absolute atomic E-state index is 0.0537. The van der Waals surface area contributed by atoms with Crippen molar-refractivity contribution >= 4 is 5.91 Å². The zero-order valence-corrected chi connectivity index (χ0v) is 10.3. The highest BCUT2D eigenvalue weighted by Crippen LogP contribution is 2.03. The van der Waals surface area contributed by atoms with Crippen LogP contribution in [0, 0.1) is 0 Å². The predicted molar refractivity (Wildman–Crippen MR) is 61.3 cm³/mol. The van der Waals surface area contributed by atoms with Crippen molar-refractivity contribution in [2.75, 3.05) is 26.8 Å². The van der Waals surface area contributed by atoms with Crippen molar-refractivity contribution in [1.82, 2.24) is 10.6 Å². The molecule has 5 nitrogen and oxygen atoms in total. The molecule has 0 aromatic heterocycles. The fourth-order valence-electron chi connectivity index (χ4n) is 1.63. The number of amides is 1. The minimum atomic E-state index is -0.0731. The topological polar surface area (TPSA) is 59.6 Å². The molecule has 16 heavy (non-hydrogen) atoms. The van der Waals surface area contributed by atoms with E-state index in [1.165, 1.54) is 0 Å². The van der Waals surface area contributed by atoms with Crippen molar-refractivity contribution in [3.05, 3.63) is 0 Å². The monoisotopic (exact) mass is 230 g/mol. The van der Waals surface area contributed by atoms with Crippen LogP contribution in [0.15, 0.2) is 0 Å². The molecule has 2 N–H and O–H groups in total. The summed E-state index contributed by atoms with van der Waals surface area (Å²) in [4.78, 5) is 11.6. The molecule has 0 spiro atoms. The molecule has 0 unspecified atom stereocenters. The summed E-state index contributed by atoms with van der Waals surface area (Å²) in [5.41, 5.74) is 0. The first-order valence-corrected chi connectivity index (χ1v) is 5.81. The van der Waals surface area contributed by atoms with Crippen molar-refractivity contribution in [2.45, 2.75) is 38.5 Å². The van der Waals surface area contributed by atoms with Gasteiger partial charge in [0.15, 0.2) is 0 Å². The Morgan fingerprint density at radius 2 is 2.31 bits per heavy atom. The fourth-order valence-corrected chi connectivity index (χ4v) is 1.63. The van der Waals surface area contributed by atoms with Gasteiger partial charge < -0.3 is 20.1 Å². The van der Waals surface area contributed by atoms with E-state index in [0.29, 0.717) is 0 Å². The average Bonchev–Trinajstić information content (AvgIpc) is 2.73. The number of carbonyl (C=O) groups excluding carboxylic acids is 1. The van der Waals surface area contributed by atoms with Gasteiger partial charge in [0.05, 0.1) is 18.2 Å². The minimum Gasteiger partial charge on any atom is -0.378 e. The molecule has 1 aliphatic rings. The highest BCUT2D eigenvalue weighted by Gasteiger charge is 2.27. The molecule has 0 aromatic carbocycles. The Labute approximate surface area is 96.9 Å². The second-order valence-electron chi connectivity index (χ2n) is 4.14. The number of methoxy groups -OCH3 is 1. The van der Waals surface area contributed by atoms with Gasteiger partial charge in [-0.15, -0.1) is 0 Å². The van der Waals surface area contributed by atoms with E-state index in [4.69, 9.17) is 9.47 Å². The van der Waals surface area contributed by atoms with Gasteiger partial charge in [-0.3, -0.25) is 4.79 Å². The molecule has 3 atom stereocenters. The smallest absolute Gasteiger partial charge is 0.246 e. The van der Waals surface area contributed by atoms with Gasteiger partial charge in [-0.2, -0.15) is 0 Å². The first kappa shape index (κ1) is 13.4. The van der Waals surface area contributed by atoms with Gasteiger partial charge in [0.1, 0.15) is 6.61 Å². The van der Waals surface area contributed by atoms with E-state index in [1.807, 2.05) is 13.8 Å². The number of carbonyl (C=O) groups is 1. The van der Waals surface area contributed by atoms with Crippen LogP contribution in [0.1, 0.15) is 20.3 Å². The van der Waals surface area contributed by atoms with E-state index in [9.17, 15) is 4.79 Å². The van der Waals surface area contributed by atoms with Crippen molar-refractivity contribution in [3.8, 4) is 0 Å². The van der Waals surface area contributed by atoms with Crippen molar-refractivity contribution in [1.29, 1.82) is 0 Å². The van der Waals surface area contributed by atoms with Gasteiger partial charge in [-0.25, -0.2) is 0 Å². The van der Waals surface area contributed by atoms with E-state index < -0.39 is 0 Å². The molecule has 94 valence electrons. The second-order valence-corrected chi connectivity index (χ2v) is 4.14. The van der Waals surface area contributed by atoms with Gasteiger partial charge in [-0.05, 0) is 13.3 Å². The first-order valence-electron chi connectivity index (χ1n) is 5.81. The molecule has 0 saturated carbocycles. The Hall–Kier alpha value is -0.650. The van der Waals surface area contributed by atoms with Crippen LogP contribution in [0.2, 0.25) is 0 Å². The van der Waals surface area contributed by atoms with Crippen LogP contribution in [-0.4, -0.2) is 51.0 Å². The molecule has 1 heterocycles. The van der Waals surface area contributed by atoms with E-state index in [0.717, 1.165) is 19.5 Å². The van der Waals surface area contributed by atoms with Crippen LogP contribution in [0.4, 0.5) is 0 Å². The van der Waals surface area contributed by atoms with Gasteiger partial charge in [-0.1, -0.05) is 6.92 Å². The number of hydrogen-bond acceptors (Lipinski definition) is 4. The predicted octanol–water partition coefficient (Wildman–Crippen LogP) is -0.0955. The summed E-state index contributed by atoms with van der Waals surface area (Å²) < 4.78 is 10.6. The Balaban J connectivity index is 2.23. The van der Waals surface area contributed by atoms with Crippen LogP contribution in [0.25, 0.3) is 0 Å². The van der Waals surface area contributed by atoms with Gasteiger partial charge in [0.2, 0.25) is 5.91 Å². The molecular weight excluding hydrogens is 208 g/mol. The van der Waals surface area contributed by atoms with Crippen LogP contribution < -0.4 is 10.6 Å². The summed E-state index contributed by atoms with van der Waals surface area (Å²) in [5, 5.41) is 6.08. The zero-order chi connectivity index (χ0) is 12.0. The Kier molecular flexibility index (Phi) is 5.73. The van der Waals surface area contributed by atoms with E-state index in [2.05, 4.69) is 10.6 Å². The summed E-state index contributed by atoms with van der Waals surface area (Å²) in [6.45, 7) is 5.66. The highest BCUT2D eigenvalue weighted by atomic mass is 16.5. The lowest BCUT2D eigenvalue weighted by atomic mass is 10.2. The summed E-state index contributed by atoms with van der Waals surface area (Å²) in [5.74, 6) is -0.0731. The Morgan fingerprint density at radius 1 is 1.56 bits per heavy atom. The van der Waals surface area contributed by atoms with Crippen molar-refractivity contribution in [2.24, 2.45) is 0 Å². The molecule has 1 amide bonds. The zero-order valence-electron chi connectivity index (χ0n) is 10.3. The molecule has 1 saturated heterocycles. The first-order chi connectivity index (χ1) is 7.67. The number of rotatable bonds is 6. The van der Waals surface area contributed by atoms with Gasteiger partial charge in [0, 0.05) is 20.2 Å². The molecule has 0 aliphatic carbocycles. The van der Waals surface area contributed by atoms with Crippen molar-refractivity contribution < 1.29 is 14.3 Å². The molecule has 1 aliphatic heterocycles. The lowest BCUT2D eigenvalue weighted by molar-refractivity contribution is -0.128. The lowest BCUT2D eigenvalue weighted by Crippen LogP contribution is -2.45. The van der Waals surface area contributed by atoms with E-state index in [-0.39, 0.29) is 30.8 Å². The molecule has 0 radical (unpaired) electrons. The maximum Gasteiger partial charge on any atom is 0.246 e. The second kappa shape index (κ2) is 6.83. The third kappa shape index (κ3) is 4.08. The van der Waals surface area contributed by atoms with Gasteiger partial charge in [0.25, 0.3) is 0 Å². The summed E-state index contributed by atoms with van der Waals surface area (Å²) in [6, 6.07) is 0.0537. The quantitative estimate of drug-likeness (QED) is 0.669. The lowest BCUT2D eigenvalue weighted by Gasteiger charge is -2.19. The average molecular weight is 230 g/mol. The molecule has 0 bridgehead atoms. The molecule has 1 rings (SSSR count). The highest BCUT2D eigenvalue weighted by molar-refractivity contribution is 5.77. The molecule has 1 fully saturated rings. The summed E-state index contributed by atoms with van der Waals surface area (Å²) in [6.07, 6.45) is 1.11. The van der Waals surface area contributed by atoms with Crippen LogP contribution in [-0.2, 0) is 14.3 Å². The summed E-state index contributed by atoms with van der Waals surface area (Å²) in [7, 11) is 1.66. The largest absolute Gasteiger partial charge is 0.378 e. The molecular formula is C11H22N2O3. The van der Waals surface area contributed by atoms with Crippen LogP contribution in [0.3, 0.4) is 0 Å². The maximum atomic E-state index is 11.6. The van der Waals surface area contributed by atoms with Crippen LogP contribution >= 0.6 is 0 Å². The third-order valence-corrected chi connectivity index (χ3v) is 2.88. The number of ether oxygens (including phenoxy) is 2. The van der Waals surface area contributed by atoms with E-state index >= 15 is 0 Å². The SMILES string of the molecule is CC[C@@H](C)OCC(=O)N[C@H]1CNC[C@@H]1OC. The van der Waals surface area contributed by atoms with Crippen molar-refractivity contribution in [3.63, 3.8) is 0 Å². The van der Waals surface area contributed by atoms with Gasteiger partial charge >= 0.3 is 0 Å². The molecule has 0 aromatic rings. The normalized spacial score (nSPS) is 26.7. The maximum absolute atomic E-state index is 11.6. The number of hydrogen-bond donors (Lipinski definition) is 2. The fraction of sp³-hybridized carbons (Fsp3) is 0.909. The number of nitrogens with one attached hydrogen (secondary N) is 2. The Morgan fingerprint density at radius 3 is 2.94 bits per heavy atom. The van der Waals surface area contributed by atoms with E-state index in [1.54, 1.807) is 7.11 Å². The third-order valence-electron chi connectivity index (χ3n) is 2.88. The Bertz CT molecular complexity index is 223. The standard InChI is InChI=1S/C11H22N2O3/c1-4-8(2)16-7-11(14)13-9-5-12-6-10(9)15-3/h8-10,12H,4-7H2,1-3H3,(H,13,14)/t8-,9+,10+/m1/s1. The van der Waals surface area contributed by atoms with Crippen LogP contribution in [0.5, 0.6) is 0 Å². The summed E-state index contributed by atoms with van der Waals surface area (Å²) >= 11 is 0.